The van der Waals surface area contributed by atoms with Crippen molar-refractivity contribution in [3.8, 4) is 74.7 Å². The fourth-order valence-corrected chi connectivity index (χ4v) is 9.51. The fraction of sp³-hybridized carbons (Fsp3) is 0.172. The van der Waals surface area contributed by atoms with Crippen LogP contribution in [0.5, 0.6) is 74.7 Å². The van der Waals surface area contributed by atoms with Crippen LogP contribution in [-0.2, 0) is 31.2 Å². The highest BCUT2D eigenvalue weighted by molar-refractivity contribution is 7.93. The Morgan fingerprint density at radius 1 is 0.386 bits per heavy atom. The number of phenols is 1. The molecule has 0 aromatic heterocycles. The first-order valence-electron chi connectivity index (χ1n) is 24.8. The third-order valence-corrected chi connectivity index (χ3v) is 14.1. The number of hydrogen-bond acceptors (Lipinski definition) is 25. The second-order valence-electron chi connectivity index (χ2n) is 17.3. The number of non-ortho nitro benzene ring substituents is 3. The summed E-state index contributed by atoms with van der Waals surface area (Å²) in [7, 11) is 4.16. The number of nitro benzene ring substituents is 3. The molecule has 464 valence electrons. The molecule has 0 radical (unpaired) electrons. The highest BCUT2D eigenvalue weighted by Crippen LogP contribution is 2.38. The minimum atomic E-state index is -3.81. The maximum absolute atomic E-state index is 12.9. The minimum Gasteiger partial charge on any atom is -0.504 e. The Bertz CT molecular complexity index is 3800. The van der Waals surface area contributed by atoms with Gasteiger partial charge in [-0.05, 0) is 83.9 Å². The lowest BCUT2D eigenvalue weighted by Gasteiger charge is -2.13. The number of nitro groups is 3. The summed E-state index contributed by atoms with van der Waals surface area (Å²) in [5, 5.41) is 43.6. The van der Waals surface area contributed by atoms with Gasteiger partial charge in [0.25, 0.3) is 17.1 Å². The lowest BCUT2D eigenvalue weighted by molar-refractivity contribution is -0.385. The number of phenolic OH excluding ortho intramolecular Hbond substituents is 1. The van der Waals surface area contributed by atoms with Crippen molar-refractivity contribution in [2.24, 2.45) is 0 Å². The van der Waals surface area contributed by atoms with Crippen molar-refractivity contribution in [2.45, 2.75) is 11.5 Å². The molecule has 7 aromatic rings. The van der Waals surface area contributed by atoms with Gasteiger partial charge < -0.3 is 61.9 Å². The van der Waals surface area contributed by atoms with E-state index in [9.17, 15) is 61.9 Å². The molecule has 0 bridgehead atoms. The predicted octanol–water partition coefficient (Wildman–Crippen LogP) is 10.9. The molecule has 0 aliphatic heterocycles. The van der Waals surface area contributed by atoms with Gasteiger partial charge in [-0.15, -0.1) is 0 Å². The number of carbonyl (C=O) groups excluding carboxylic acids is 2. The first kappa shape index (κ1) is 67.6. The van der Waals surface area contributed by atoms with Crippen LogP contribution >= 0.6 is 0 Å². The highest BCUT2D eigenvalue weighted by atomic mass is 32.2. The normalized spacial score (nSPS) is 10.9. The molecular weight excluding hydrogens is 1200 g/mol. The van der Waals surface area contributed by atoms with E-state index in [1.54, 1.807) is 30.3 Å². The Morgan fingerprint density at radius 2 is 0.693 bits per heavy atom. The van der Waals surface area contributed by atoms with Crippen LogP contribution in [0.15, 0.2) is 144 Å². The molecular formula is C58H55N3O25S2. The number of ether oxygens (including phenoxy) is 12. The molecule has 1 N–H and O–H groups in total. The Balaban J connectivity index is 0.000000252. The monoisotopic (exact) mass is 1260 g/mol. The average Bonchev–Trinajstić information content (AvgIpc) is 1.77. The molecule has 0 spiro atoms. The van der Waals surface area contributed by atoms with Gasteiger partial charge in [0, 0.05) is 71.5 Å². The second kappa shape index (κ2) is 31.7. The average molecular weight is 1260 g/mol. The lowest BCUT2D eigenvalue weighted by atomic mass is 10.1. The molecule has 88 heavy (non-hydrogen) atoms. The Labute approximate surface area is 502 Å². The summed E-state index contributed by atoms with van der Waals surface area (Å²) in [6.07, 6.45) is 0.550. The summed E-state index contributed by atoms with van der Waals surface area (Å²) in [5.74, 6) is 2.20. The largest absolute Gasteiger partial charge is 0.519 e. The van der Waals surface area contributed by atoms with E-state index < -0.39 is 52.5 Å². The number of nitrogens with zero attached hydrogens (tertiary/aromatic N) is 3. The molecule has 0 atom stereocenters. The van der Waals surface area contributed by atoms with Gasteiger partial charge in [0.05, 0.1) is 94.3 Å². The second-order valence-corrected chi connectivity index (χ2v) is 21.0. The molecule has 0 amide bonds. The topological polar surface area (TPSA) is 363 Å². The summed E-state index contributed by atoms with van der Waals surface area (Å²) < 4.78 is 112. The number of sulfone groups is 2. The van der Waals surface area contributed by atoms with Gasteiger partial charge in [-0.25, -0.2) is 26.4 Å². The first-order chi connectivity index (χ1) is 41.9. The van der Waals surface area contributed by atoms with E-state index in [1.807, 2.05) is 0 Å². The Kier molecular flexibility index (Phi) is 24.3. The molecule has 7 rings (SSSR count). The predicted molar refractivity (Wildman–Crippen MR) is 316 cm³/mol. The molecule has 0 aliphatic carbocycles. The zero-order chi connectivity index (χ0) is 64.7. The quantitative estimate of drug-likeness (QED) is 0.0269. The van der Waals surface area contributed by atoms with Crippen molar-refractivity contribution < 1.29 is 103 Å². The van der Waals surface area contributed by atoms with Crippen molar-refractivity contribution in [2.75, 3.05) is 56.9 Å². The first-order valence-corrected chi connectivity index (χ1v) is 28.3. The number of aromatic hydroxyl groups is 1. The number of rotatable bonds is 23. The SMILES string of the molecule is COc1cc(OC)c(/C=C/S(=O)(=O)Cc2ccc(OC)c(O)c2)c(OC)c1.COc1cc(OC)c(/C=C/S(=O)(=O)Cc2ccc(OC)c(OC(=O)Oc3ccc([N+](=O)[O-])cc3)c2)c(OC)c1.O=C(Oc1ccc([N+](=O)[O-])cc1)Oc1ccc([N+](=O)[O-])cc1. The van der Waals surface area contributed by atoms with E-state index in [4.69, 9.17) is 56.8 Å². The maximum Gasteiger partial charge on any atom is 0.519 e. The van der Waals surface area contributed by atoms with Crippen LogP contribution in [0.3, 0.4) is 0 Å². The molecule has 30 heteroatoms. The lowest BCUT2D eigenvalue weighted by Crippen LogP contribution is -2.14. The van der Waals surface area contributed by atoms with Gasteiger partial charge in [0.2, 0.25) is 0 Å². The molecule has 0 saturated carbocycles. The van der Waals surface area contributed by atoms with Crippen LogP contribution in [0.25, 0.3) is 12.2 Å². The molecule has 0 heterocycles. The van der Waals surface area contributed by atoms with E-state index >= 15 is 0 Å². The molecule has 0 saturated heterocycles. The Hall–Kier alpha value is -11.1. The van der Waals surface area contributed by atoms with Gasteiger partial charge in [0.1, 0.15) is 51.7 Å². The minimum absolute atomic E-state index is 0.0119. The van der Waals surface area contributed by atoms with Crippen molar-refractivity contribution in [1.82, 2.24) is 0 Å². The summed E-state index contributed by atoms with van der Waals surface area (Å²) in [4.78, 5) is 53.8. The van der Waals surface area contributed by atoms with E-state index in [-0.39, 0.29) is 63.1 Å². The van der Waals surface area contributed by atoms with Crippen LogP contribution in [0.1, 0.15) is 22.3 Å². The molecule has 0 fully saturated rings. The van der Waals surface area contributed by atoms with E-state index in [0.717, 1.165) is 10.8 Å². The summed E-state index contributed by atoms with van der Waals surface area (Å²) in [5.41, 5.74) is 1.15. The van der Waals surface area contributed by atoms with Crippen LogP contribution in [-0.4, -0.2) is 106 Å². The zero-order valence-electron chi connectivity index (χ0n) is 47.8. The van der Waals surface area contributed by atoms with Crippen molar-refractivity contribution in [1.29, 1.82) is 0 Å². The molecule has 0 unspecified atom stereocenters. The van der Waals surface area contributed by atoms with E-state index in [2.05, 4.69) is 0 Å². The summed E-state index contributed by atoms with van der Waals surface area (Å²) >= 11 is 0. The van der Waals surface area contributed by atoms with Gasteiger partial charge >= 0.3 is 12.3 Å². The van der Waals surface area contributed by atoms with Crippen molar-refractivity contribution >= 4 is 61.2 Å². The number of benzene rings is 7. The van der Waals surface area contributed by atoms with E-state index in [0.29, 0.717) is 56.8 Å². The molecule has 7 aromatic carbocycles. The van der Waals surface area contributed by atoms with Crippen LogP contribution in [0, 0.1) is 30.3 Å². The van der Waals surface area contributed by atoms with Gasteiger partial charge in [-0.1, -0.05) is 12.1 Å². The fourth-order valence-electron chi connectivity index (χ4n) is 7.34. The van der Waals surface area contributed by atoms with Crippen LogP contribution < -0.4 is 56.8 Å². The zero-order valence-corrected chi connectivity index (χ0v) is 49.5. The van der Waals surface area contributed by atoms with Crippen LogP contribution in [0.2, 0.25) is 0 Å². The number of hydrogen-bond donors (Lipinski definition) is 1. The Morgan fingerprint density at radius 3 is 0.989 bits per heavy atom. The third-order valence-electron chi connectivity index (χ3n) is 11.5. The van der Waals surface area contributed by atoms with Gasteiger partial charge in [-0.3, -0.25) is 30.3 Å². The highest BCUT2D eigenvalue weighted by Gasteiger charge is 2.20. The van der Waals surface area contributed by atoms with E-state index in [1.165, 1.54) is 172 Å². The van der Waals surface area contributed by atoms with Gasteiger partial charge in [-0.2, -0.15) is 0 Å². The maximum atomic E-state index is 12.9. The number of carbonyl (C=O) groups is 2. The standard InChI is InChI=1S/C26H25NO11S.C19H22O7S.C13H8N2O7/c1-33-20-14-23(35-3)21(24(15-20)36-4)11-12-39(31,32)16-17-5-10-22(34-2)25(13-17)38-26(28)37-19-8-6-18(7-9-19)27(29)30;1-23-14-10-18(25-3)15(19(11-14)26-4)7-8-27(21,22)12-13-5-6-17(24-2)16(20)9-13;16-13(21-11-5-1-9(2-6-11)14(17)18)22-12-7-3-10(4-8-12)15(19)20/h5-15H,16H2,1-4H3;5-11,20H,12H2,1-4H3;1-8H/b12-11+;8-7+;. The summed E-state index contributed by atoms with van der Waals surface area (Å²) in [6, 6.07) is 29.7. The summed E-state index contributed by atoms with van der Waals surface area (Å²) in [6.45, 7) is 0. The number of methoxy groups -OCH3 is 8. The van der Waals surface area contributed by atoms with Crippen molar-refractivity contribution in [3.05, 3.63) is 197 Å². The van der Waals surface area contributed by atoms with Gasteiger partial charge in [0.15, 0.2) is 42.7 Å². The van der Waals surface area contributed by atoms with Crippen molar-refractivity contribution in [3.63, 3.8) is 0 Å². The smallest absolute Gasteiger partial charge is 0.504 e. The molecule has 28 nitrogen and oxygen atoms in total. The third kappa shape index (κ3) is 20.0. The van der Waals surface area contributed by atoms with Crippen LogP contribution in [0.4, 0.5) is 26.7 Å². The molecule has 0 aliphatic rings.